The third-order valence-corrected chi connectivity index (χ3v) is 5.18. The zero-order valence-electron chi connectivity index (χ0n) is 15.3. The van der Waals surface area contributed by atoms with Crippen LogP contribution in [0.15, 0.2) is 6.20 Å². The van der Waals surface area contributed by atoms with E-state index in [1.54, 1.807) is 14.0 Å². The van der Waals surface area contributed by atoms with Gasteiger partial charge in [0.1, 0.15) is 11.4 Å². The maximum atomic E-state index is 13.8. The quantitative estimate of drug-likeness (QED) is 0.755. The summed E-state index contributed by atoms with van der Waals surface area (Å²) >= 11 is 0. The summed E-state index contributed by atoms with van der Waals surface area (Å²) < 4.78 is 69.0. The van der Waals surface area contributed by atoms with Gasteiger partial charge in [-0.15, -0.1) is 0 Å². The highest BCUT2D eigenvalue weighted by Crippen LogP contribution is 2.42. The number of halogens is 5. The Bertz CT molecular complexity index is 915. The second kappa shape index (κ2) is 6.02. The highest BCUT2D eigenvalue weighted by Gasteiger charge is 2.42. The smallest absolute Gasteiger partial charge is 0.364 e. The number of aromatic nitrogens is 4. The molecule has 0 amide bonds. The van der Waals surface area contributed by atoms with Gasteiger partial charge in [0.15, 0.2) is 5.82 Å². The van der Waals surface area contributed by atoms with Crippen molar-refractivity contribution in [3.05, 3.63) is 23.0 Å². The van der Waals surface area contributed by atoms with Gasteiger partial charge in [-0.1, -0.05) is 0 Å². The Labute approximate surface area is 157 Å². The Morgan fingerprint density at radius 3 is 2.50 bits per heavy atom. The summed E-state index contributed by atoms with van der Waals surface area (Å²) in [5.41, 5.74) is -0.395. The molecule has 2 aliphatic carbocycles. The van der Waals surface area contributed by atoms with Crippen molar-refractivity contribution in [2.24, 2.45) is 7.05 Å². The van der Waals surface area contributed by atoms with E-state index < -0.39 is 29.6 Å². The molecule has 0 aromatic carbocycles. The van der Waals surface area contributed by atoms with Crippen molar-refractivity contribution in [3.63, 3.8) is 0 Å². The number of rotatable bonds is 4. The number of hydrogen-bond acceptors (Lipinski definition) is 5. The van der Waals surface area contributed by atoms with Gasteiger partial charge >= 0.3 is 6.18 Å². The minimum atomic E-state index is -4.61. The highest BCUT2D eigenvalue weighted by molar-refractivity contribution is 5.59. The van der Waals surface area contributed by atoms with Crippen molar-refractivity contribution in [1.82, 2.24) is 19.7 Å². The number of alkyl halides is 5. The van der Waals surface area contributed by atoms with Crippen molar-refractivity contribution in [2.45, 2.75) is 56.7 Å². The lowest BCUT2D eigenvalue weighted by Crippen LogP contribution is -2.26. The molecule has 0 atom stereocenters. The van der Waals surface area contributed by atoms with E-state index in [4.69, 9.17) is 0 Å². The molecule has 0 aliphatic heterocycles. The first-order valence-electron chi connectivity index (χ1n) is 8.88. The molecule has 1 fully saturated rings. The Kier molecular flexibility index (Phi) is 4.06. The maximum Gasteiger partial charge on any atom is 0.421 e. The van der Waals surface area contributed by atoms with Crippen molar-refractivity contribution < 1.29 is 22.0 Å². The van der Waals surface area contributed by atoms with Crippen LogP contribution in [-0.2, 0) is 26.1 Å². The number of nitrogens with one attached hydrogen (secondary N) is 2. The van der Waals surface area contributed by atoms with Gasteiger partial charge < -0.3 is 10.6 Å². The molecule has 0 bridgehead atoms. The topological polar surface area (TPSA) is 67.7 Å². The van der Waals surface area contributed by atoms with Crippen molar-refractivity contribution in [2.75, 3.05) is 10.6 Å². The summed E-state index contributed by atoms with van der Waals surface area (Å²) in [6.07, 6.45) is -3.03. The van der Waals surface area contributed by atoms with E-state index >= 15 is 0 Å². The molecule has 2 aliphatic rings. The van der Waals surface area contributed by atoms with Crippen LogP contribution in [0.3, 0.4) is 0 Å². The summed E-state index contributed by atoms with van der Waals surface area (Å²) in [6, 6.07) is 0. The lowest BCUT2D eigenvalue weighted by molar-refractivity contribution is -0.137. The SMILES string of the molecule is Cn1nc(Nc2ncc(C(F)(F)F)c(NC3(C)CC3)n2)c2c1CCC(F)(F)C2. The average molecular weight is 402 g/mol. The zero-order chi connectivity index (χ0) is 20.3. The molecule has 2 heterocycles. The molecule has 0 radical (unpaired) electrons. The van der Waals surface area contributed by atoms with Gasteiger partial charge in [0.05, 0.1) is 0 Å². The molecule has 6 nitrogen and oxygen atoms in total. The van der Waals surface area contributed by atoms with E-state index in [-0.39, 0.29) is 30.4 Å². The standard InChI is InChI=1S/C17H19F5N6/c1-15(5-6-15)26-13-10(17(20,21)22)8-23-14(25-13)24-12-9-7-16(18,19)4-3-11(9)28(2)27-12/h8H,3-7H2,1-2H3,(H2,23,24,25,26,27). The van der Waals surface area contributed by atoms with Crippen LogP contribution < -0.4 is 10.6 Å². The van der Waals surface area contributed by atoms with Gasteiger partial charge in [-0.25, -0.2) is 13.8 Å². The van der Waals surface area contributed by atoms with Gasteiger partial charge in [0.25, 0.3) is 5.92 Å². The summed E-state index contributed by atoms with van der Waals surface area (Å²) in [5, 5.41) is 9.73. The lowest BCUT2D eigenvalue weighted by atomic mass is 9.94. The fourth-order valence-electron chi connectivity index (χ4n) is 3.30. The number of anilines is 3. The predicted molar refractivity (Wildman–Crippen MR) is 91.8 cm³/mol. The van der Waals surface area contributed by atoms with Crippen molar-refractivity contribution >= 4 is 17.6 Å². The first-order valence-corrected chi connectivity index (χ1v) is 8.88. The summed E-state index contributed by atoms with van der Waals surface area (Å²) in [7, 11) is 1.64. The Hall–Kier alpha value is -2.46. The Morgan fingerprint density at radius 1 is 1.14 bits per heavy atom. The van der Waals surface area contributed by atoms with Crippen molar-refractivity contribution in [3.8, 4) is 0 Å². The third kappa shape index (κ3) is 3.61. The van der Waals surface area contributed by atoms with E-state index in [2.05, 4.69) is 25.7 Å². The normalized spacial score (nSPS) is 19.8. The van der Waals surface area contributed by atoms with E-state index in [1.165, 1.54) is 4.68 Å². The lowest BCUT2D eigenvalue weighted by Gasteiger charge is -2.22. The van der Waals surface area contributed by atoms with Gasteiger partial charge in [-0.2, -0.15) is 23.3 Å². The van der Waals surface area contributed by atoms with Gasteiger partial charge in [-0.05, 0) is 26.2 Å². The van der Waals surface area contributed by atoms with Crippen LogP contribution >= 0.6 is 0 Å². The predicted octanol–water partition coefficient (Wildman–Crippen LogP) is 4.06. The number of aryl methyl sites for hydroxylation is 1. The minimum absolute atomic E-state index is 0.130. The summed E-state index contributed by atoms with van der Waals surface area (Å²) in [5.74, 6) is -3.17. The highest BCUT2D eigenvalue weighted by atomic mass is 19.4. The van der Waals surface area contributed by atoms with E-state index in [0.29, 0.717) is 17.5 Å². The Morgan fingerprint density at radius 2 is 1.86 bits per heavy atom. The second-order valence-electron chi connectivity index (χ2n) is 7.69. The summed E-state index contributed by atoms with van der Waals surface area (Å²) in [4.78, 5) is 7.69. The van der Waals surface area contributed by atoms with Crippen LogP contribution in [-0.4, -0.2) is 31.2 Å². The molecular formula is C17H19F5N6. The fourth-order valence-corrected chi connectivity index (χ4v) is 3.30. The molecule has 0 saturated heterocycles. The van der Waals surface area contributed by atoms with Crippen LogP contribution in [0.25, 0.3) is 0 Å². The number of nitrogens with zero attached hydrogens (tertiary/aromatic N) is 4. The molecule has 4 rings (SSSR count). The van der Waals surface area contributed by atoms with E-state index in [0.717, 1.165) is 12.8 Å². The molecule has 2 N–H and O–H groups in total. The minimum Gasteiger partial charge on any atom is -0.364 e. The molecule has 152 valence electrons. The molecule has 1 saturated carbocycles. The molecule has 2 aromatic rings. The molecule has 2 aromatic heterocycles. The molecule has 0 unspecified atom stereocenters. The number of hydrogen-bond donors (Lipinski definition) is 2. The summed E-state index contributed by atoms with van der Waals surface area (Å²) in [6.45, 7) is 1.81. The van der Waals surface area contributed by atoms with Crippen LogP contribution in [0.2, 0.25) is 0 Å². The van der Waals surface area contributed by atoms with Crippen LogP contribution in [0.5, 0.6) is 0 Å². The number of fused-ring (bicyclic) bond motifs is 1. The largest absolute Gasteiger partial charge is 0.421 e. The van der Waals surface area contributed by atoms with Crippen molar-refractivity contribution in [1.29, 1.82) is 0 Å². The van der Waals surface area contributed by atoms with E-state index in [9.17, 15) is 22.0 Å². The van der Waals surface area contributed by atoms with Crippen LogP contribution in [0.4, 0.5) is 39.5 Å². The first-order chi connectivity index (χ1) is 13.0. The monoisotopic (exact) mass is 402 g/mol. The second-order valence-corrected chi connectivity index (χ2v) is 7.69. The van der Waals surface area contributed by atoms with Gasteiger partial charge in [0, 0.05) is 42.9 Å². The molecule has 28 heavy (non-hydrogen) atoms. The van der Waals surface area contributed by atoms with Crippen LogP contribution in [0.1, 0.15) is 43.0 Å². The molecular weight excluding hydrogens is 383 g/mol. The third-order valence-electron chi connectivity index (χ3n) is 5.18. The van der Waals surface area contributed by atoms with Gasteiger partial charge in [-0.3, -0.25) is 4.68 Å². The fraction of sp³-hybridized carbons (Fsp3) is 0.588. The maximum absolute atomic E-state index is 13.8. The van der Waals surface area contributed by atoms with Crippen LogP contribution in [0, 0.1) is 0 Å². The molecule has 0 spiro atoms. The van der Waals surface area contributed by atoms with E-state index in [1.807, 2.05) is 0 Å². The van der Waals surface area contributed by atoms with Gasteiger partial charge in [0.2, 0.25) is 5.95 Å². The first kappa shape index (κ1) is 18.9. The average Bonchev–Trinajstić information content (AvgIpc) is 3.21. The zero-order valence-corrected chi connectivity index (χ0v) is 15.3. The Balaban J connectivity index is 1.67. The molecule has 11 heteroatoms.